The van der Waals surface area contributed by atoms with Crippen LogP contribution in [0.3, 0.4) is 0 Å². The zero-order valence-corrected chi connectivity index (χ0v) is 17.0. The summed E-state index contributed by atoms with van der Waals surface area (Å²) in [6.07, 6.45) is 3.37. The molecule has 0 amide bonds. The molecule has 0 spiro atoms. The highest BCUT2D eigenvalue weighted by Crippen LogP contribution is 2.27. The van der Waals surface area contributed by atoms with Crippen molar-refractivity contribution in [3.05, 3.63) is 41.1 Å². The number of nitrogens with zero attached hydrogens (tertiary/aromatic N) is 2. The minimum absolute atomic E-state index is 0.196. The molecule has 3 N–H and O–H groups in total. The number of carbonyl (C=O) groups is 1. The van der Waals surface area contributed by atoms with Crippen LogP contribution < -0.4 is 15.8 Å². The summed E-state index contributed by atoms with van der Waals surface area (Å²) in [7, 11) is 1.65. The Balaban J connectivity index is 2.36. The summed E-state index contributed by atoms with van der Waals surface area (Å²) < 4.78 is 10.5. The van der Waals surface area contributed by atoms with Gasteiger partial charge < -0.3 is 20.5 Å². The molecule has 0 atom stereocenters. The van der Waals surface area contributed by atoms with Crippen LogP contribution in [0.25, 0.3) is 0 Å². The van der Waals surface area contributed by atoms with Gasteiger partial charge in [0.05, 0.1) is 25.8 Å². The number of benzene rings is 1. The molecule has 0 aliphatic rings. The highest BCUT2D eigenvalue weighted by molar-refractivity contribution is 5.70. The molecule has 0 aliphatic heterocycles. The van der Waals surface area contributed by atoms with E-state index in [1.165, 1.54) is 0 Å². The van der Waals surface area contributed by atoms with E-state index in [1.54, 1.807) is 14.0 Å². The van der Waals surface area contributed by atoms with Crippen molar-refractivity contribution in [2.24, 2.45) is 0 Å². The summed E-state index contributed by atoms with van der Waals surface area (Å²) in [5.41, 5.74) is 8.65. The number of para-hydroxylation sites is 1. The Labute approximate surface area is 166 Å². The SMILES string of the molecule is CCCCNc1nc(N)nc(CCC(=O)OCC)c1Cc1ccccc1OC. The molecule has 1 aromatic carbocycles. The number of unbranched alkanes of at least 4 members (excludes halogenated alkanes) is 1. The van der Waals surface area contributed by atoms with Gasteiger partial charge in [-0.2, -0.15) is 4.98 Å². The van der Waals surface area contributed by atoms with Crippen LogP contribution in [0.5, 0.6) is 5.75 Å². The van der Waals surface area contributed by atoms with E-state index in [1.807, 2.05) is 24.3 Å². The predicted molar refractivity (Wildman–Crippen MR) is 111 cm³/mol. The van der Waals surface area contributed by atoms with Crippen LogP contribution in [0.1, 0.15) is 49.9 Å². The first-order chi connectivity index (χ1) is 13.6. The van der Waals surface area contributed by atoms with Crippen LogP contribution in [0, 0.1) is 0 Å². The molecule has 0 fully saturated rings. The van der Waals surface area contributed by atoms with Crippen molar-refractivity contribution < 1.29 is 14.3 Å². The van der Waals surface area contributed by atoms with Crippen LogP contribution in [0.4, 0.5) is 11.8 Å². The smallest absolute Gasteiger partial charge is 0.306 e. The molecule has 0 saturated carbocycles. The van der Waals surface area contributed by atoms with E-state index >= 15 is 0 Å². The Morgan fingerprint density at radius 2 is 2.00 bits per heavy atom. The number of aromatic nitrogens is 2. The van der Waals surface area contributed by atoms with Gasteiger partial charge in [0.15, 0.2) is 0 Å². The van der Waals surface area contributed by atoms with Gasteiger partial charge in [-0.3, -0.25) is 4.79 Å². The molecule has 7 nitrogen and oxygen atoms in total. The maximum atomic E-state index is 11.8. The molecule has 2 aromatic rings. The number of anilines is 2. The van der Waals surface area contributed by atoms with Gasteiger partial charge in [0.1, 0.15) is 11.6 Å². The lowest BCUT2D eigenvalue weighted by Gasteiger charge is -2.17. The molecule has 0 bridgehead atoms. The van der Waals surface area contributed by atoms with Crippen molar-refractivity contribution in [3.63, 3.8) is 0 Å². The van der Waals surface area contributed by atoms with E-state index in [0.717, 1.165) is 42.0 Å². The number of nitrogens with two attached hydrogens (primary N) is 1. The second-order valence-electron chi connectivity index (χ2n) is 6.43. The molecular weight excluding hydrogens is 356 g/mol. The second-order valence-corrected chi connectivity index (χ2v) is 6.43. The predicted octanol–water partition coefficient (Wildman–Crippen LogP) is 3.37. The van der Waals surface area contributed by atoms with E-state index in [2.05, 4.69) is 22.2 Å². The monoisotopic (exact) mass is 386 g/mol. The average molecular weight is 386 g/mol. The first-order valence-corrected chi connectivity index (χ1v) is 9.75. The molecule has 2 rings (SSSR count). The fourth-order valence-electron chi connectivity index (χ4n) is 2.96. The quantitative estimate of drug-likeness (QED) is 0.451. The van der Waals surface area contributed by atoms with Gasteiger partial charge in [0.25, 0.3) is 0 Å². The van der Waals surface area contributed by atoms with E-state index in [0.29, 0.717) is 25.3 Å². The molecule has 0 aliphatic carbocycles. The summed E-state index contributed by atoms with van der Waals surface area (Å²) in [5.74, 6) is 1.46. The summed E-state index contributed by atoms with van der Waals surface area (Å²) in [6, 6.07) is 7.85. The second kappa shape index (κ2) is 11.1. The average Bonchev–Trinajstić information content (AvgIpc) is 2.69. The number of nitrogen functional groups attached to an aromatic ring is 1. The lowest BCUT2D eigenvalue weighted by molar-refractivity contribution is -0.143. The lowest BCUT2D eigenvalue weighted by Crippen LogP contribution is -2.14. The highest BCUT2D eigenvalue weighted by atomic mass is 16.5. The third kappa shape index (κ3) is 6.11. The molecule has 1 aromatic heterocycles. The van der Waals surface area contributed by atoms with Crippen molar-refractivity contribution >= 4 is 17.7 Å². The van der Waals surface area contributed by atoms with Gasteiger partial charge in [0.2, 0.25) is 5.95 Å². The third-order valence-corrected chi connectivity index (χ3v) is 4.36. The van der Waals surface area contributed by atoms with Gasteiger partial charge in [-0.05, 0) is 25.0 Å². The van der Waals surface area contributed by atoms with Crippen molar-refractivity contribution in [2.75, 3.05) is 31.3 Å². The third-order valence-electron chi connectivity index (χ3n) is 4.36. The Kier molecular flexibility index (Phi) is 8.52. The number of hydrogen-bond acceptors (Lipinski definition) is 7. The van der Waals surface area contributed by atoms with Crippen molar-refractivity contribution in [2.45, 2.75) is 46.0 Å². The van der Waals surface area contributed by atoms with E-state index in [9.17, 15) is 4.79 Å². The zero-order chi connectivity index (χ0) is 20.4. The number of nitrogens with one attached hydrogen (secondary N) is 1. The minimum atomic E-state index is -0.247. The number of ether oxygens (including phenoxy) is 2. The first kappa shape index (κ1) is 21.5. The van der Waals surface area contributed by atoms with Crippen LogP contribution in [0.2, 0.25) is 0 Å². The Morgan fingerprint density at radius 1 is 1.21 bits per heavy atom. The summed E-state index contributed by atoms with van der Waals surface area (Å²) in [4.78, 5) is 20.7. The molecular formula is C21H30N4O3. The summed E-state index contributed by atoms with van der Waals surface area (Å²) >= 11 is 0. The number of rotatable bonds is 11. The topological polar surface area (TPSA) is 99.4 Å². The molecule has 1 heterocycles. The molecule has 7 heteroatoms. The molecule has 0 saturated heterocycles. The largest absolute Gasteiger partial charge is 0.496 e. The van der Waals surface area contributed by atoms with E-state index < -0.39 is 0 Å². The van der Waals surface area contributed by atoms with Crippen LogP contribution >= 0.6 is 0 Å². The number of esters is 1. The number of methoxy groups -OCH3 is 1. The van der Waals surface area contributed by atoms with Crippen molar-refractivity contribution in [1.29, 1.82) is 0 Å². The molecule has 0 radical (unpaired) electrons. The van der Waals surface area contributed by atoms with Gasteiger partial charge in [0, 0.05) is 24.9 Å². The zero-order valence-electron chi connectivity index (χ0n) is 17.0. The summed E-state index contributed by atoms with van der Waals surface area (Å²) in [5, 5.41) is 3.38. The lowest BCUT2D eigenvalue weighted by atomic mass is 10.0. The number of aryl methyl sites for hydroxylation is 1. The van der Waals surface area contributed by atoms with Crippen molar-refractivity contribution in [3.8, 4) is 5.75 Å². The Bertz CT molecular complexity index is 780. The minimum Gasteiger partial charge on any atom is -0.496 e. The molecule has 28 heavy (non-hydrogen) atoms. The summed E-state index contributed by atoms with van der Waals surface area (Å²) in [6.45, 7) is 5.09. The highest BCUT2D eigenvalue weighted by Gasteiger charge is 2.17. The van der Waals surface area contributed by atoms with Crippen LogP contribution in [-0.4, -0.2) is 36.2 Å². The fraction of sp³-hybridized carbons (Fsp3) is 0.476. The normalized spacial score (nSPS) is 10.5. The van der Waals surface area contributed by atoms with Crippen molar-refractivity contribution in [1.82, 2.24) is 9.97 Å². The number of hydrogen-bond donors (Lipinski definition) is 2. The molecule has 152 valence electrons. The van der Waals surface area contributed by atoms with Crippen LogP contribution in [0.15, 0.2) is 24.3 Å². The maximum absolute atomic E-state index is 11.8. The first-order valence-electron chi connectivity index (χ1n) is 9.75. The Hall–Kier alpha value is -2.83. The fourth-order valence-corrected chi connectivity index (χ4v) is 2.96. The molecule has 0 unspecified atom stereocenters. The van der Waals surface area contributed by atoms with E-state index in [-0.39, 0.29) is 18.3 Å². The number of carbonyl (C=O) groups excluding carboxylic acids is 1. The van der Waals surface area contributed by atoms with Gasteiger partial charge in [-0.15, -0.1) is 0 Å². The van der Waals surface area contributed by atoms with Gasteiger partial charge in [-0.1, -0.05) is 31.5 Å². The van der Waals surface area contributed by atoms with E-state index in [4.69, 9.17) is 15.2 Å². The Morgan fingerprint density at radius 3 is 2.71 bits per heavy atom. The van der Waals surface area contributed by atoms with Gasteiger partial charge >= 0.3 is 5.97 Å². The maximum Gasteiger partial charge on any atom is 0.306 e. The standard InChI is InChI=1S/C21H30N4O3/c1-4-6-13-23-20-16(14-15-9-7-8-10-18(15)27-3)17(24-21(22)25-20)11-12-19(26)28-5-2/h7-10H,4-6,11-14H2,1-3H3,(H3,22,23,24,25). The van der Waals surface area contributed by atoms with Crippen LogP contribution in [-0.2, 0) is 22.4 Å². The van der Waals surface area contributed by atoms with Gasteiger partial charge in [-0.25, -0.2) is 4.98 Å².